The molecule has 3 fully saturated rings. The second-order valence-electron chi connectivity index (χ2n) is 7.88. The molecule has 0 aliphatic carbocycles. The van der Waals surface area contributed by atoms with Crippen LogP contribution in [-0.2, 0) is 13.1 Å². The summed E-state index contributed by atoms with van der Waals surface area (Å²) in [5.41, 5.74) is 2.87. The van der Waals surface area contributed by atoms with Gasteiger partial charge in [-0.05, 0) is 54.3 Å². The number of hydrogen-bond acceptors (Lipinski definition) is 4. The molecular formula is C23H30N2OS. The van der Waals surface area contributed by atoms with Gasteiger partial charge in [-0.25, -0.2) is 0 Å². The van der Waals surface area contributed by atoms with Gasteiger partial charge in [-0.3, -0.25) is 9.80 Å². The van der Waals surface area contributed by atoms with Crippen molar-refractivity contribution in [2.45, 2.75) is 36.9 Å². The van der Waals surface area contributed by atoms with Gasteiger partial charge in [-0.15, -0.1) is 11.8 Å². The van der Waals surface area contributed by atoms with Crippen molar-refractivity contribution in [3.63, 3.8) is 0 Å². The smallest absolute Gasteiger partial charge is 0.118 e. The fraction of sp³-hybridized carbons (Fsp3) is 0.478. The van der Waals surface area contributed by atoms with E-state index in [9.17, 15) is 0 Å². The number of piperidine rings is 1. The van der Waals surface area contributed by atoms with Crippen LogP contribution in [0.25, 0.3) is 0 Å². The molecule has 0 amide bonds. The molecule has 2 bridgehead atoms. The quantitative estimate of drug-likeness (QED) is 0.683. The maximum absolute atomic E-state index is 5.29. The van der Waals surface area contributed by atoms with Crippen LogP contribution in [-0.4, -0.2) is 48.8 Å². The summed E-state index contributed by atoms with van der Waals surface area (Å²) in [6.45, 7) is 5.79. The largest absolute Gasteiger partial charge is 0.497 e. The minimum atomic E-state index is 0.678. The van der Waals surface area contributed by atoms with Crippen LogP contribution in [0.1, 0.15) is 24.0 Å². The summed E-state index contributed by atoms with van der Waals surface area (Å²) in [5.74, 6) is 1.73. The Labute approximate surface area is 167 Å². The van der Waals surface area contributed by atoms with Gasteiger partial charge in [0.15, 0.2) is 0 Å². The van der Waals surface area contributed by atoms with E-state index in [-0.39, 0.29) is 0 Å². The molecule has 3 heterocycles. The van der Waals surface area contributed by atoms with Crippen molar-refractivity contribution in [3.05, 3.63) is 59.7 Å². The van der Waals surface area contributed by atoms with Crippen molar-refractivity contribution in [3.8, 4) is 5.75 Å². The fourth-order valence-corrected chi connectivity index (χ4v) is 5.25. The summed E-state index contributed by atoms with van der Waals surface area (Å²) in [7, 11) is 1.73. The molecule has 3 saturated heterocycles. The van der Waals surface area contributed by atoms with E-state index in [4.69, 9.17) is 4.74 Å². The van der Waals surface area contributed by atoms with Crippen molar-refractivity contribution in [2.24, 2.45) is 5.92 Å². The molecule has 0 N–H and O–H groups in total. The maximum atomic E-state index is 5.29. The predicted molar refractivity (Wildman–Crippen MR) is 113 cm³/mol. The van der Waals surface area contributed by atoms with E-state index in [0.29, 0.717) is 6.04 Å². The summed E-state index contributed by atoms with van der Waals surface area (Å²) in [6.07, 6.45) is 4.90. The van der Waals surface area contributed by atoms with E-state index in [0.717, 1.165) is 24.8 Å². The number of nitrogens with zero attached hydrogens (tertiary/aromatic N) is 2. The molecule has 0 saturated carbocycles. The van der Waals surface area contributed by atoms with E-state index in [1.54, 1.807) is 7.11 Å². The van der Waals surface area contributed by atoms with Crippen molar-refractivity contribution in [1.82, 2.24) is 9.80 Å². The molecule has 4 heteroatoms. The molecule has 0 aromatic heterocycles. The first-order valence-electron chi connectivity index (χ1n) is 9.96. The van der Waals surface area contributed by atoms with Crippen LogP contribution in [0.15, 0.2) is 53.4 Å². The number of ether oxygens (including phenoxy) is 1. The van der Waals surface area contributed by atoms with Crippen molar-refractivity contribution >= 4 is 11.8 Å². The van der Waals surface area contributed by atoms with Gasteiger partial charge in [0.05, 0.1) is 7.11 Å². The van der Waals surface area contributed by atoms with Gasteiger partial charge < -0.3 is 4.74 Å². The summed E-state index contributed by atoms with van der Waals surface area (Å²) in [5, 5.41) is 0. The third-order valence-corrected chi connectivity index (χ3v) is 6.87. The van der Waals surface area contributed by atoms with Crippen LogP contribution in [0.2, 0.25) is 0 Å². The van der Waals surface area contributed by atoms with Gasteiger partial charge in [-0.1, -0.05) is 30.3 Å². The Morgan fingerprint density at radius 1 is 0.963 bits per heavy atom. The van der Waals surface area contributed by atoms with Gasteiger partial charge in [-0.2, -0.15) is 0 Å². The molecule has 144 valence electrons. The molecule has 3 aliphatic heterocycles. The van der Waals surface area contributed by atoms with Crippen molar-refractivity contribution in [2.75, 3.05) is 33.0 Å². The first-order valence-corrected chi connectivity index (χ1v) is 11.2. The van der Waals surface area contributed by atoms with Crippen molar-refractivity contribution < 1.29 is 4.74 Å². The molecule has 3 aliphatic rings. The second kappa shape index (κ2) is 8.68. The van der Waals surface area contributed by atoms with E-state index < -0.39 is 0 Å². The highest BCUT2D eigenvalue weighted by Crippen LogP contribution is 2.31. The molecule has 5 rings (SSSR count). The molecule has 27 heavy (non-hydrogen) atoms. The van der Waals surface area contributed by atoms with E-state index in [1.807, 2.05) is 11.8 Å². The van der Waals surface area contributed by atoms with Crippen LogP contribution in [0.3, 0.4) is 0 Å². The number of benzene rings is 2. The van der Waals surface area contributed by atoms with Crippen LogP contribution in [0.5, 0.6) is 5.75 Å². The Balaban J connectivity index is 1.43. The molecule has 2 atom stereocenters. The lowest BCUT2D eigenvalue weighted by molar-refractivity contribution is 0.122. The number of thioether (sulfide) groups is 1. The van der Waals surface area contributed by atoms with Gasteiger partial charge in [0.25, 0.3) is 0 Å². The standard InChI is InChI=1S/C23H30N2OS/c1-26-22-11-8-18(9-12-22)13-24-14-19-7-10-21(17-24)25(15-19)16-20-5-3-4-6-23(20)27-2/h3-6,8-9,11-12,19,21H,7,10,13-17H2,1-2H3. The van der Waals surface area contributed by atoms with Crippen LogP contribution in [0.4, 0.5) is 0 Å². The Morgan fingerprint density at radius 3 is 2.56 bits per heavy atom. The minimum absolute atomic E-state index is 0.678. The molecule has 0 radical (unpaired) electrons. The third kappa shape index (κ3) is 4.50. The Morgan fingerprint density at radius 2 is 1.78 bits per heavy atom. The number of rotatable bonds is 6. The summed E-state index contributed by atoms with van der Waals surface area (Å²) in [6, 6.07) is 18.1. The lowest BCUT2D eigenvalue weighted by atomic mass is 9.94. The average molecular weight is 383 g/mol. The van der Waals surface area contributed by atoms with Gasteiger partial charge in [0.1, 0.15) is 5.75 Å². The van der Waals surface area contributed by atoms with Gasteiger partial charge in [0, 0.05) is 43.7 Å². The summed E-state index contributed by atoms with van der Waals surface area (Å²) >= 11 is 1.87. The molecule has 2 aromatic rings. The summed E-state index contributed by atoms with van der Waals surface area (Å²) in [4.78, 5) is 6.84. The van der Waals surface area contributed by atoms with Crippen molar-refractivity contribution in [1.29, 1.82) is 0 Å². The SMILES string of the molecule is COc1ccc(CN2CC3CCC(C2)N(Cc2ccccc2SC)C3)cc1. The van der Waals surface area contributed by atoms with Crippen LogP contribution >= 0.6 is 11.8 Å². The zero-order chi connectivity index (χ0) is 18.6. The number of methoxy groups -OCH3 is 1. The Bertz CT molecular complexity index is 748. The highest BCUT2D eigenvalue weighted by Gasteiger charge is 2.34. The molecule has 2 unspecified atom stereocenters. The minimum Gasteiger partial charge on any atom is -0.497 e. The first kappa shape index (κ1) is 18.9. The third-order valence-electron chi connectivity index (χ3n) is 6.03. The Kier molecular flexibility index (Phi) is 6.06. The topological polar surface area (TPSA) is 15.7 Å². The zero-order valence-corrected chi connectivity index (χ0v) is 17.3. The van der Waals surface area contributed by atoms with E-state index in [2.05, 4.69) is 64.6 Å². The molecule has 2 aromatic carbocycles. The molecule has 3 nitrogen and oxygen atoms in total. The average Bonchev–Trinajstić information content (AvgIpc) is 2.99. The van der Waals surface area contributed by atoms with E-state index in [1.165, 1.54) is 48.5 Å². The molecule has 0 spiro atoms. The van der Waals surface area contributed by atoms with Crippen LogP contribution in [0, 0.1) is 5.92 Å². The highest BCUT2D eigenvalue weighted by atomic mass is 32.2. The first-order chi connectivity index (χ1) is 13.2. The fourth-order valence-electron chi connectivity index (χ4n) is 4.64. The maximum Gasteiger partial charge on any atom is 0.118 e. The second-order valence-corrected chi connectivity index (χ2v) is 8.73. The van der Waals surface area contributed by atoms with E-state index >= 15 is 0 Å². The highest BCUT2D eigenvalue weighted by molar-refractivity contribution is 7.98. The summed E-state index contributed by atoms with van der Waals surface area (Å²) < 4.78 is 5.29. The zero-order valence-electron chi connectivity index (χ0n) is 16.4. The van der Waals surface area contributed by atoms with Gasteiger partial charge >= 0.3 is 0 Å². The Hall–Kier alpha value is -1.49. The number of fused-ring (bicyclic) bond motifs is 4. The van der Waals surface area contributed by atoms with Gasteiger partial charge in [0.2, 0.25) is 0 Å². The lowest BCUT2D eigenvalue weighted by Crippen LogP contribution is -2.43. The van der Waals surface area contributed by atoms with Crippen LogP contribution < -0.4 is 4.74 Å². The predicted octanol–water partition coefficient (Wildman–Crippen LogP) is 4.51. The normalized spacial score (nSPS) is 23.3. The monoisotopic (exact) mass is 382 g/mol. The number of hydrogen-bond donors (Lipinski definition) is 0. The molecular weight excluding hydrogens is 352 g/mol. The lowest BCUT2D eigenvalue weighted by Gasteiger charge is -2.36.